The standard InChI is InChI=1S/C16H16ClN3O5S/c1-2-26(22,23)25-12-8-10(17)7-11(9-12)24-15(21)13-5-3-4-6-14(13)20-16(18)19/h3-9H,2H2,1H3,(H4,18,19,20). The van der Waals surface area contributed by atoms with E-state index in [0.29, 0.717) is 0 Å². The molecule has 0 amide bonds. The minimum atomic E-state index is -3.75. The predicted molar refractivity (Wildman–Crippen MR) is 98.4 cm³/mol. The predicted octanol–water partition coefficient (Wildman–Crippen LogP) is 2.19. The lowest BCUT2D eigenvalue weighted by atomic mass is 10.2. The normalized spacial score (nSPS) is 10.8. The van der Waals surface area contributed by atoms with Crippen LogP contribution in [0.15, 0.2) is 47.5 Å². The van der Waals surface area contributed by atoms with Crippen molar-refractivity contribution < 1.29 is 22.1 Å². The molecule has 2 rings (SSSR count). The van der Waals surface area contributed by atoms with Crippen molar-refractivity contribution in [2.24, 2.45) is 16.5 Å². The molecule has 2 aromatic rings. The van der Waals surface area contributed by atoms with E-state index in [4.69, 9.17) is 32.0 Å². The number of hydrogen-bond donors (Lipinski definition) is 2. The molecule has 4 N–H and O–H groups in total. The van der Waals surface area contributed by atoms with Gasteiger partial charge in [-0.2, -0.15) is 8.42 Å². The van der Waals surface area contributed by atoms with Crippen molar-refractivity contribution in [3.05, 3.63) is 53.1 Å². The number of guanidine groups is 1. The van der Waals surface area contributed by atoms with E-state index in [9.17, 15) is 13.2 Å². The Morgan fingerprint density at radius 1 is 1.15 bits per heavy atom. The fraction of sp³-hybridized carbons (Fsp3) is 0.125. The zero-order valence-corrected chi connectivity index (χ0v) is 15.3. The van der Waals surface area contributed by atoms with Crippen molar-refractivity contribution in [3.63, 3.8) is 0 Å². The number of ether oxygens (including phenoxy) is 1. The number of para-hydroxylation sites is 1. The number of aliphatic imine (C=N–C) groups is 1. The molecule has 0 fully saturated rings. The number of benzene rings is 2. The molecule has 0 radical (unpaired) electrons. The molecule has 0 aliphatic carbocycles. The van der Waals surface area contributed by atoms with Crippen molar-refractivity contribution in [2.45, 2.75) is 6.92 Å². The van der Waals surface area contributed by atoms with Gasteiger partial charge >= 0.3 is 16.1 Å². The number of carbonyl (C=O) groups excluding carboxylic acids is 1. The van der Waals surface area contributed by atoms with Crippen LogP contribution in [0.5, 0.6) is 11.5 Å². The Bertz CT molecular complexity index is 956. The minimum Gasteiger partial charge on any atom is -0.423 e. The van der Waals surface area contributed by atoms with Gasteiger partial charge in [-0.05, 0) is 25.1 Å². The van der Waals surface area contributed by atoms with Crippen molar-refractivity contribution in [1.82, 2.24) is 0 Å². The van der Waals surface area contributed by atoms with E-state index in [1.54, 1.807) is 12.1 Å². The average molecular weight is 398 g/mol. The first kappa shape index (κ1) is 19.5. The summed E-state index contributed by atoms with van der Waals surface area (Å²) in [5.41, 5.74) is 11.0. The van der Waals surface area contributed by atoms with Crippen LogP contribution in [0.2, 0.25) is 5.02 Å². The van der Waals surface area contributed by atoms with Crippen LogP contribution in [0, 0.1) is 0 Å². The van der Waals surface area contributed by atoms with E-state index in [2.05, 4.69) is 4.99 Å². The van der Waals surface area contributed by atoms with Crippen molar-refractivity contribution in [1.29, 1.82) is 0 Å². The first-order valence-electron chi connectivity index (χ1n) is 7.34. The maximum Gasteiger partial charge on any atom is 0.345 e. The molecule has 138 valence electrons. The maximum atomic E-state index is 12.4. The number of rotatable bonds is 6. The molecule has 0 spiro atoms. The van der Waals surface area contributed by atoms with Gasteiger partial charge in [0.15, 0.2) is 5.96 Å². The number of nitrogens with zero attached hydrogens (tertiary/aromatic N) is 1. The Labute approximate surface area is 155 Å². The third-order valence-corrected chi connectivity index (χ3v) is 4.38. The van der Waals surface area contributed by atoms with Crippen LogP contribution in [-0.4, -0.2) is 26.1 Å². The highest BCUT2D eigenvalue weighted by Gasteiger charge is 2.16. The summed E-state index contributed by atoms with van der Waals surface area (Å²) in [6, 6.07) is 10.2. The molecule has 8 nitrogen and oxygen atoms in total. The minimum absolute atomic E-state index is 0.00306. The van der Waals surface area contributed by atoms with Crippen LogP contribution < -0.4 is 20.4 Å². The maximum absolute atomic E-state index is 12.4. The SMILES string of the molecule is CCS(=O)(=O)Oc1cc(Cl)cc(OC(=O)c2ccccc2N=C(N)N)c1. The van der Waals surface area contributed by atoms with Crippen LogP contribution in [0.25, 0.3) is 0 Å². The summed E-state index contributed by atoms with van der Waals surface area (Å²) in [5, 5.41) is 0.133. The summed E-state index contributed by atoms with van der Waals surface area (Å²) in [6.07, 6.45) is 0. The van der Waals surface area contributed by atoms with Crippen molar-refractivity contribution in [3.8, 4) is 11.5 Å². The Kier molecular flexibility index (Phi) is 6.06. The van der Waals surface area contributed by atoms with Gasteiger partial charge in [-0.15, -0.1) is 0 Å². The monoisotopic (exact) mass is 397 g/mol. The third kappa shape index (κ3) is 5.36. The zero-order chi connectivity index (χ0) is 19.3. The molecule has 10 heteroatoms. The lowest BCUT2D eigenvalue weighted by Crippen LogP contribution is -2.22. The first-order valence-corrected chi connectivity index (χ1v) is 9.29. The third-order valence-electron chi connectivity index (χ3n) is 3.01. The van der Waals surface area contributed by atoms with Crippen LogP contribution in [0.3, 0.4) is 0 Å². The van der Waals surface area contributed by atoms with E-state index < -0.39 is 16.1 Å². The lowest BCUT2D eigenvalue weighted by Gasteiger charge is -2.10. The summed E-state index contributed by atoms with van der Waals surface area (Å²) >= 11 is 5.93. The molecule has 0 atom stereocenters. The van der Waals surface area contributed by atoms with Gasteiger partial charge in [-0.3, -0.25) is 0 Å². The van der Waals surface area contributed by atoms with Gasteiger partial charge in [0.1, 0.15) is 11.5 Å². The van der Waals surface area contributed by atoms with E-state index in [1.807, 2.05) is 0 Å². The lowest BCUT2D eigenvalue weighted by molar-refractivity contribution is 0.0735. The van der Waals surface area contributed by atoms with E-state index in [0.717, 1.165) is 0 Å². The zero-order valence-electron chi connectivity index (χ0n) is 13.7. The summed E-state index contributed by atoms with van der Waals surface area (Å²) in [7, 11) is -3.75. The number of hydrogen-bond acceptors (Lipinski definition) is 6. The highest BCUT2D eigenvalue weighted by Crippen LogP contribution is 2.28. The summed E-state index contributed by atoms with van der Waals surface area (Å²) < 4.78 is 33.3. The van der Waals surface area contributed by atoms with Crippen LogP contribution in [0.1, 0.15) is 17.3 Å². The Balaban J connectivity index is 2.30. The van der Waals surface area contributed by atoms with Crippen LogP contribution in [-0.2, 0) is 10.1 Å². The topological polar surface area (TPSA) is 134 Å². The van der Waals surface area contributed by atoms with Crippen LogP contribution in [0.4, 0.5) is 5.69 Å². The van der Waals surface area contributed by atoms with Gasteiger partial charge < -0.3 is 20.4 Å². The molecule has 0 saturated carbocycles. The fourth-order valence-corrected chi connectivity index (χ4v) is 2.62. The summed E-state index contributed by atoms with van der Waals surface area (Å²) in [4.78, 5) is 16.3. The van der Waals surface area contributed by atoms with Crippen molar-refractivity contribution in [2.75, 3.05) is 5.75 Å². The van der Waals surface area contributed by atoms with Gasteiger partial charge in [0.2, 0.25) is 0 Å². The van der Waals surface area contributed by atoms with E-state index in [-0.39, 0.29) is 39.5 Å². The van der Waals surface area contributed by atoms with Gasteiger partial charge in [-0.25, -0.2) is 9.79 Å². The highest BCUT2D eigenvalue weighted by molar-refractivity contribution is 7.87. The number of halogens is 1. The average Bonchev–Trinajstić information content (AvgIpc) is 2.53. The molecule has 0 bridgehead atoms. The summed E-state index contributed by atoms with van der Waals surface area (Å²) in [5.74, 6) is -1.26. The largest absolute Gasteiger partial charge is 0.423 e. The second-order valence-electron chi connectivity index (χ2n) is 5.00. The summed E-state index contributed by atoms with van der Waals surface area (Å²) in [6.45, 7) is 1.43. The first-order chi connectivity index (χ1) is 12.2. The molecule has 0 aliphatic rings. The van der Waals surface area contributed by atoms with Gasteiger partial charge in [0.25, 0.3) is 0 Å². The molecule has 0 heterocycles. The molecular weight excluding hydrogens is 382 g/mol. The number of esters is 1. The smallest absolute Gasteiger partial charge is 0.345 e. The quantitative estimate of drug-likeness (QED) is 0.251. The highest BCUT2D eigenvalue weighted by atomic mass is 35.5. The Morgan fingerprint density at radius 2 is 1.81 bits per heavy atom. The van der Waals surface area contributed by atoms with Gasteiger partial charge in [0, 0.05) is 17.2 Å². The second-order valence-corrected chi connectivity index (χ2v) is 7.29. The second kappa shape index (κ2) is 8.07. The Morgan fingerprint density at radius 3 is 2.46 bits per heavy atom. The van der Waals surface area contributed by atoms with Crippen LogP contribution >= 0.6 is 11.6 Å². The van der Waals surface area contributed by atoms with Gasteiger partial charge in [-0.1, -0.05) is 23.7 Å². The Hall–Kier alpha value is -2.78. The van der Waals surface area contributed by atoms with E-state index >= 15 is 0 Å². The molecule has 0 aromatic heterocycles. The molecular formula is C16H16ClN3O5S. The molecule has 26 heavy (non-hydrogen) atoms. The fourth-order valence-electron chi connectivity index (χ4n) is 1.89. The molecule has 0 aliphatic heterocycles. The van der Waals surface area contributed by atoms with Gasteiger partial charge in [0.05, 0.1) is 17.0 Å². The van der Waals surface area contributed by atoms with E-state index in [1.165, 1.54) is 37.3 Å². The molecule has 2 aromatic carbocycles. The van der Waals surface area contributed by atoms with Crippen molar-refractivity contribution >= 4 is 39.3 Å². The molecule has 0 saturated heterocycles. The number of nitrogens with two attached hydrogens (primary N) is 2. The molecule has 0 unspecified atom stereocenters. The number of carbonyl (C=O) groups is 1.